The number of rotatable bonds is 12. The summed E-state index contributed by atoms with van der Waals surface area (Å²) in [6.07, 6.45) is 15.0. The highest BCUT2D eigenvalue weighted by Crippen LogP contribution is 2.18. The molecule has 4 heteroatoms. The molecule has 1 aromatic heterocycles. The summed E-state index contributed by atoms with van der Waals surface area (Å²) in [4.78, 5) is 4.45. The molecule has 0 saturated carbocycles. The lowest BCUT2D eigenvalue weighted by Crippen LogP contribution is -2.37. The Hall–Kier alpha value is -2.09. The van der Waals surface area contributed by atoms with E-state index in [0.717, 1.165) is 37.3 Å². The molecule has 4 nitrogen and oxygen atoms in total. The van der Waals surface area contributed by atoms with Gasteiger partial charge in [0.25, 0.3) is 0 Å². The Kier molecular flexibility index (Phi) is 10.4. The van der Waals surface area contributed by atoms with Crippen LogP contribution in [0.5, 0.6) is 0 Å². The Morgan fingerprint density at radius 2 is 2.12 bits per heavy atom. The van der Waals surface area contributed by atoms with E-state index in [1.54, 1.807) is 14.2 Å². The van der Waals surface area contributed by atoms with Crippen LogP contribution >= 0.6 is 0 Å². The molecule has 0 unspecified atom stereocenters. The van der Waals surface area contributed by atoms with Gasteiger partial charge in [-0.1, -0.05) is 17.7 Å². The van der Waals surface area contributed by atoms with Crippen molar-refractivity contribution in [2.75, 3.05) is 27.4 Å². The molecule has 142 valence electrons. The number of aromatic nitrogens is 1. The predicted molar refractivity (Wildman–Crippen MR) is 108 cm³/mol. The van der Waals surface area contributed by atoms with Crippen LogP contribution in [0.3, 0.4) is 0 Å². The monoisotopic (exact) mass is 356 g/mol. The van der Waals surface area contributed by atoms with Gasteiger partial charge in [-0.15, -0.1) is 12.3 Å². The zero-order valence-corrected chi connectivity index (χ0v) is 16.5. The lowest BCUT2D eigenvalue weighted by atomic mass is 9.99. The lowest BCUT2D eigenvalue weighted by molar-refractivity contribution is 0.158. The van der Waals surface area contributed by atoms with Gasteiger partial charge in [0.1, 0.15) is 12.4 Å². The number of methoxy groups -OCH3 is 2. The molecular formula is C22H32N2O2. The molecular weight excluding hydrogens is 324 g/mol. The van der Waals surface area contributed by atoms with Crippen LogP contribution in [0.25, 0.3) is 0 Å². The van der Waals surface area contributed by atoms with E-state index in [4.69, 9.17) is 15.9 Å². The zero-order chi connectivity index (χ0) is 19.3. The van der Waals surface area contributed by atoms with Crippen LogP contribution in [0, 0.1) is 12.3 Å². The molecule has 0 fully saturated rings. The minimum atomic E-state index is -0.147. The van der Waals surface area contributed by atoms with Crippen LogP contribution in [0.2, 0.25) is 0 Å². The Labute approximate surface area is 158 Å². The third-order valence-electron chi connectivity index (χ3n) is 4.20. The standard InChI is InChI=1S/C22H32N2O2/c1-6-7-11-19(14-15-20(26-5)18-25-4)12-10-17-24-22(2,3)21-13-8-9-16-23-21/h1,8-9,11,13,15-16,24H,7,10,12,14,17-18H2,2-5H3/b19-11-,20-15+. The molecule has 0 radical (unpaired) electrons. The molecule has 0 spiro atoms. The molecule has 1 N–H and O–H groups in total. The van der Waals surface area contributed by atoms with Crippen LogP contribution in [-0.4, -0.2) is 32.4 Å². The maximum Gasteiger partial charge on any atom is 0.118 e. The summed E-state index contributed by atoms with van der Waals surface area (Å²) in [5.74, 6) is 3.53. The second kappa shape index (κ2) is 12.3. The smallest absolute Gasteiger partial charge is 0.118 e. The summed E-state index contributed by atoms with van der Waals surface area (Å²) in [6.45, 7) is 5.71. The van der Waals surface area contributed by atoms with Gasteiger partial charge in [0.05, 0.1) is 18.3 Å². The van der Waals surface area contributed by atoms with Gasteiger partial charge in [0.15, 0.2) is 0 Å². The topological polar surface area (TPSA) is 43.4 Å². The van der Waals surface area contributed by atoms with E-state index < -0.39 is 0 Å². The summed E-state index contributed by atoms with van der Waals surface area (Å²) < 4.78 is 10.4. The van der Waals surface area contributed by atoms with Gasteiger partial charge >= 0.3 is 0 Å². The second-order valence-electron chi connectivity index (χ2n) is 6.65. The number of hydrogen-bond donors (Lipinski definition) is 1. The van der Waals surface area contributed by atoms with Crippen molar-refractivity contribution in [1.82, 2.24) is 10.3 Å². The minimum Gasteiger partial charge on any atom is -0.499 e. The maximum atomic E-state index is 5.41. The molecule has 0 bridgehead atoms. The van der Waals surface area contributed by atoms with E-state index in [9.17, 15) is 0 Å². The number of nitrogens with one attached hydrogen (secondary N) is 1. The normalized spacial score (nSPS) is 12.7. The molecule has 0 aromatic carbocycles. The summed E-state index contributed by atoms with van der Waals surface area (Å²) >= 11 is 0. The van der Waals surface area contributed by atoms with Gasteiger partial charge in [-0.3, -0.25) is 4.98 Å². The fourth-order valence-electron chi connectivity index (χ4n) is 2.62. The first-order chi connectivity index (χ1) is 12.5. The fourth-order valence-corrected chi connectivity index (χ4v) is 2.62. The average Bonchev–Trinajstić information content (AvgIpc) is 2.66. The highest BCUT2D eigenvalue weighted by molar-refractivity contribution is 5.14. The highest BCUT2D eigenvalue weighted by Gasteiger charge is 2.20. The highest BCUT2D eigenvalue weighted by atomic mass is 16.5. The van der Waals surface area contributed by atoms with E-state index in [-0.39, 0.29) is 5.54 Å². The Morgan fingerprint density at radius 3 is 2.73 bits per heavy atom. The molecule has 0 aliphatic heterocycles. The number of nitrogens with zero attached hydrogens (tertiary/aromatic N) is 1. The Balaban J connectivity index is 2.53. The van der Waals surface area contributed by atoms with Gasteiger partial charge in [-0.2, -0.15) is 0 Å². The number of terminal acetylenes is 1. The third-order valence-corrected chi connectivity index (χ3v) is 4.20. The van der Waals surface area contributed by atoms with Gasteiger partial charge in [0.2, 0.25) is 0 Å². The summed E-state index contributed by atoms with van der Waals surface area (Å²) in [5.41, 5.74) is 2.23. The zero-order valence-electron chi connectivity index (χ0n) is 16.5. The molecule has 1 rings (SSSR count). The van der Waals surface area contributed by atoms with Crippen molar-refractivity contribution in [3.63, 3.8) is 0 Å². The molecule has 0 atom stereocenters. The van der Waals surface area contributed by atoms with Crippen molar-refractivity contribution in [2.45, 2.75) is 45.1 Å². The molecule has 1 heterocycles. The number of pyridine rings is 1. The molecule has 0 saturated heterocycles. The second-order valence-corrected chi connectivity index (χ2v) is 6.65. The fraction of sp³-hybridized carbons (Fsp3) is 0.500. The van der Waals surface area contributed by atoms with Crippen molar-refractivity contribution in [1.29, 1.82) is 0 Å². The van der Waals surface area contributed by atoms with Crippen molar-refractivity contribution in [3.05, 3.63) is 53.6 Å². The number of ether oxygens (including phenoxy) is 2. The average molecular weight is 357 g/mol. The van der Waals surface area contributed by atoms with E-state index in [0.29, 0.717) is 13.0 Å². The summed E-state index contributed by atoms with van der Waals surface area (Å²) in [6, 6.07) is 6.01. The van der Waals surface area contributed by atoms with Crippen LogP contribution in [0.15, 0.2) is 47.9 Å². The molecule has 26 heavy (non-hydrogen) atoms. The van der Waals surface area contributed by atoms with Crippen molar-refractivity contribution < 1.29 is 9.47 Å². The third kappa shape index (κ3) is 8.33. The minimum absolute atomic E-state index is 0.147. The maximum absolute atomic E-state index is 5.41. The quantitative estimate of drug-likeness (QED) is 0.264. The van der Waals surface area contributed by atoms with Gasteiger partial charge in [0, 0.05) is 19.7 Å². The van der Waals surface area contributed by atoms with Gasteiger partial charge in [-0.25, -0.2) is 0 Å². The van der Waals surface area contributed by atoms with Crippen molar-refractivity contribution in [2.24, 2.45) is 0 Å². The van der Waals surface area contributed by atoms with Gasteiger partial charge in [-0.05, 0) is 57.9 Å². The van der Waals surface area contributed by atoms with Crippen molar-refractivity contribution in [3.8, 4) is 12.3 Å². The first kappa shape index (κ1) is 22.0. The largest absolute Gasteiger partial charge is 0.499 e. The van der Waals surface area contributed by atoms with E-state index in [1.165, 1.54) is 5.57 Å². The van der Waals surface area contributed by atoms with Crippen LogP contribution < -0.4 is 5.32 Å². The molecule has 0 aliphatic carbocycles. The first-order valence-corrected chi connectivity index (χ1v) is 9.03. The number of hydrogen-bond acceptors (Lipinski definition) is 4. The SMILES string of the molecule is C#CC/C=C(\C/C=C(\COC)OC)CCCNC(C)(C)c1ccccn1. The van der Waals surface area contributed by atoms with E-state index >= 15 is 0 Å². The molecule has 0 amide bonds. The Bertz CT molecular complexity index is 613. The molecule has 0 aliphatic rings. The van der Waals surface area contributed by atoms with Crippen LogP contribution in [0.4, 0.5) is 0 Å². The van der Waals surface area contributed by atoms with Crippen molar-refractivity contribution >= 4 is 0 Å². The first-order valence-electron chi connectivity index (χ1n) is 9.03. The van der Waals surface area contributed by atoms with Crippen LogP contribution in [0.1, 0.15) is 45.2 Å². The summed E-state index contributed by atoms with van der Waals surface area (Å²) in [5, 5.41) is 3.59. The van der Waals surface area contributed by atoms with E-state index in [1.807, 2.05) is 18.3 Å². The van der Waals surface area contributed by atoms with E-state index in [2.05, 4.69) is 48.3 Å². The summed E-state index contributed by atoms with van der Waals surface area (Å²) in [7, 11) is 3.33. The lowest BCUT2D eigenvalue weighted by Gasteiger charge is -2.26. The van der Waals surface area contributed by atoms with Gasteiger partial charge < -0.3 is 14.8 Å². The van der Waals surface area contributed by atoms with Crippen LogP contribution in [-0.2, 0) is 15.0 Å². The molecule has 1 aromatic rings. The Morgan fingerprint density at radius 1 is 1.31 bits per heavy atom. The number of allylic oxidation sites excluding steroid dienone is 3. The predicted octanol–water partition coefficient (Wildman–Crippen LogP) is 4.20.